The number of nitrogens with one attached hydrogen (secondary N) is 1. The van der Waals surface area contributed by atoms with Crippen LogP contribution in [0, 0.1) is 10.1 Å². The van der Waals surface area contributed by atoms with Gasteiger partial charge >= 0.3 is 5.97 Å². The van der Waals surface area contributed by atoms with Crippen LogP contribution >= 0.6 is 0 Å². The van der Waals surface area contributed by atoms with Crippen molar-refractivity contribution >= 4 is 23.3 Å². The summed E-state index contributed by atoms with van der Waals surface area (Å²) in [6, 6.07) is 5.52. The van der Waals surface area contributed by atoms with E-state index in [-0.39, 0.29) is 24.3 Å². The number of hydrogen-bond donors (Lipinski definition) is 1. The van der Waals surface area contributed by atoms with Gasteiger partial charge in [0.25, 0.3) is 11.6 Å². The fourth-order valence-electron chi connectivity index (χ4n) is 1.49. The lowest BCUT2D eigenvalue weighted by molar-refractivity contribution is -0.385. The van der Waals surface area contributed by atoms with Crippen molar-refractivity contribution in [1.29, 1.82) is 0 Å². The summed E-state index contributed by atoms with van der Waals surface area (Å²) in [6.45, 7) is 3.48. The van der Waals surface area contributed by atoms with Gasteiger partial charge in [0.1, 0.15) is 5.56 Å². The molecule has 0 saturated heterocycles. The lowest BCUT2D eigenvalue weighted by Gasteiger charge is -2.03. The number of ether oxygens (including phenoxy) is 1. The van der Waals surface area contributed by atoms with Gasteiger partial charge in [-0.25, -0.2) is 5.43 Å². The highest BCUT2D eigenvalue weighted by Gasteiger charge is 2.18. The summed E-state index contributed by atoms with van der Waals surface area (Å²) >= 11 is 0. The normalized spacial score (nSPS) is 10.9. The van der Waals surface area contributed by atoms with Crippen LogP contribution in [0.1, 0.15) is 30.6 Å². The Morgan fingerprint density at radius 2 is 2.05 bits per heavy atom. The maximum absolute atomic E-state index is 11.8. The molecule has 0 bridgehead atoms. The lowest BCUT2D eigenvalue weighted by atomic mass is 10.2. The molecule has 0 heterocycles. The van der Waals surface area contributed by atoms with E-state index < -0.39 is 16.8 Å². The van der Waals surface area contributed by atoms with Crippen LogP contribution in [0.25, 0.3) is 0 Å². The fourth-order valence-corrected chi connectivity index (χ4v) is 1.49. The maximum Gasteiger partial charge on any atom is 0.311 e. The van der Waals surface area contributed by atoms with Crippen molar-refractivity contribution in [1.82, 2.24) is 5.43 Å². The molecule has 0 aliphatic rings. The van der Waals surface area contributed by atoms with Gasteiger partial charge in [-0.05, 0) is 19.9 Å². The van der Waals surface area contributed by atoms with Gasteiger partial charge in [0.2, 0.25) is 0 Å². The summed E-state index contributed by atoms with van der Waals surface area (Å²) in [5.74, 6) is -1.18. The molecule has 1 rings (SSSR count). The first-order valence-corrected chi connectivity index (χ1v) is 6.18. The van der Waals surface area contributed by atoms with Crippen LogP contribution < -0.4 is 5.43 Å². The average Bonchev–Trinajstić information content (AvgIpc) is 2.44. The minimum atomic E-state index is -0.717. The van der Waals surface area contributed by atoms with E-state index in [0.29, 0.717) is 5.71 Å². The molecule has 8 nitrogen and oxygen atoms in total. The molecule has 0 radical (unpaired) electrons. The number of rotatable bonds is 6. The molecule has 0 spiro atoms. The number of nitro groups is 1. The highest BCUT2D eigenvalue weighted by atomic mass is 16.6. The van der Waals surface area contributed by atoms with E-state index in [9.17, 15) is 19.7 Å². The number of carbonyl (C=O) groups is 2. The van der Waals surface area contributed by atoms with Gasteiger partial charge in [0.15, 0.2) is 0 Å². The number of para-hydroxylation sites is 1. The van der Waals surface area contributed by atoms with Crippen molar-refractivity contribution < 1.29 is 19.2 Å². The van der Waals surface area contributed by atoms with E-state index in [1.54, 1.807) is 6.92 Å². The first-order valence-electron chi connectivity index (χ1n) is 6.18. The summed E-state index contributed by atoms with van der Waals surface area (Å²) in [5.41, 5.74) is 2.10. The minimum Gasteiger partial charge on any atom is -0.466 e. The Balaban J connectivity index is 2.74. The van der Waals surface area contributed by atoms with Gasteiger partial charge < -0.3 is 4.74 Å². The van der Waals surface area contributed by atoms with Crippen LogP contribution in [0.5, 0.6) is 0 Å². The number of hydrogen-bond acceptors (Lipinski definition) is 6. The number of amides is 1. The third kappa shape index (κ3) is 5.01. The molecule has 0 saturated carbocycles. The summed E-state index contributed by atoms with van der Waals surface area (Å²) < 4.78 is 4.73. The molecule has 1 N–H and O–H groups in total. The quantitative estimate of drug-likeness (QED) is 0.371. The zero-order chi connectivity index (χ0) is 15.8. The number of carbonyl (C=O) groups excluding carboxylic acids is 2. The van der Waals surface area contributed by atoms with E-state index in [1.807, 2.05) is 0 Å². The second-order valence-corrected chi connectivity index (χ2v) is 4.04. The lowest BCUT2D eigenvalue weighted by Crippen LogP contribution is -2.21. The van der Waals surface area contributed by atoms with Crippen LogP contribution in [0.2, 0.25) is 0 Å². The number of benzene rings is 1. The molecule has 112 valence electrons. The van der Waals surface area contributed by atoms with E-state index >= 15 is 0 Å². The molecule has 0 aliphatic carbocycles. The van der Waals surface area contributed by atoms with Crippen molar-refractivity contribution in [2.45, 2.75) is 20.3 Å². The van der Waals surface area contributed by atoms with Crippen LogP contribution in [0.3, 0.4) is 0 Å². The predicted octanol–water partition coefficient (Wildman–Crippen LogP) is 1.65. The Morgan fingerprint density at radius 1 is 1.38 bits per heavy atom. The SMILES string of the molecule is CCOC(=O)C/C(C)=N/NC(=O)c1ccccc1[N+](=O)[O-]. The van der Waals surface area contributed by atoms with Crippen LogP contribution in [-0.4, -0.2) is 29.1 Å². The summed E-state index contributed by atoms with van der Waals surface area (Å²) in [7, 11) is 0. The molecule has 0 atom stereocenters. The second-order valence-electron chi connectivity index (χ2n) is 4.04. The van der Waals surface area contributed by atoms with Crippen molar-refractivity contribution in [2.75, 3.05) is 6.61 Å². The van der Waals surface area contributed by atoms with Crippen molar-refractivity contribution in [3.63, 3.8) is 0 Å². The second kappa shape index (κ2) is 7.73. The molecule has 1 aromatic rings. The minimum absolute atomic E-state index is 0.0645. The molecule has 0 aliphatic heterocycles. The Morgan fingerprint density at radius 3 is 2.67 bits per heavy atom. The van der Waals surface area contributed by atoms with E-state index in [0.717, 1.165) is 0 Å². The molecule has 1 aromatic carbocycles. The molecule has 0 aromatic heterocycles. The van der Waals surface area contributed by atoms with E-state index in [4.69, 9.17) is 4.74 Å². The van der Waals surface area contributed by atoms with Gasteiger partial charge in [0, 0.05) is 11.8 Å². The third-order valence-corrected chi connectivity index (χ3v) is 2.40. The smallest absolute Gasteiger partial charge is 0.311 e. The fraction of sp³-hybridized carbons (Fsp3) is 0.308. The molecule has 0 unspecified atom stereocenters. The Labute approximate surface area is 120 Å². The molecule has 0 fully saturated rings. The monoisotopic (exact) mass is 293 g/mol. The van der Waals surface area contributed by atoms with Gasteiger partial charge in [-0.3, -0.25) is 19.7 Å². The summed E-state index contributed by atoms with van der Waals surface area (Å²) in [4.78, 5) is 33.2. The highest BCUT2D eigenvalue weighted by Crippen LogP contribution is 2.17. The number of nitro benzene ring substituents is 1. The molecular formula is C13H15N3O5. The van der Waals surface area contributed by atoms with E-state index in [2.05, 4.69) is 10.5 Å². The average molecular weight is 293 g/mol. The molecular weight excluding hydrogens is 278 g/mol. The molecule has 1 amide bonds. The first kappa shape index (κ1) is 16.3. The zero-order valence-electron chi connectivity index (χ0n) is 11.7. The molecule has 8 heteroatoms. The van der Waals surface area contributed by atoms with Crippen LogP contribution in [-0.2, 0) is 9.53 Å². The topological polar surface area (TPSA) is 111 Å². The standard InChI is InChI=1S/C13H15N3O5/c1-3-21-12(17)8-9(2)14-15-13(18)10-6-4-5-7-11(10)16(19)20/h4-7H,3,8H2,1-2H3,(H,15,18)/b14-9+. The van der Waals surface area contributed by atoms with Gasteiger partial charge in [-0.2, -0.15) is 5.10 Å². The van der Waals surface area contributed by atoms with Gasteiger partial charge in [0.05, 0.1) is 18.0 Å². The van der Waals surface area contributed by atoms with Crippen LogP contribution in [0.4, 0.5) is 5.69 Å². The molecule has 21 heavy (non-hydrogen) atoms. The zero-order valence-corrected chi connectivity index (χ0v) is 11.7. The highest BCUT2D eigenvalue weighted by molar-refractivity contribution is 6.01. The van der Waals surface area contributed by atoms with Crippen molar-refractivity contribution in [3.8, 4) is 0 Å². The maximum atomic E-state index is 11.8. The number of nitrogens with zero attached hydrogens (tertiary/aromatic N) is 2. The number of hydrazone groups is 1. The summed E-state index contributed by atoms with van der Waals surface area (Å²) in [5, 5.41) is 14.5. The van der Waals surface area contributed by atoms with Gasteiger partial charge in [-0.1, -0.05) is 12.1 Å². The Kier molecular flexibility index (Phi) is 5.99. The van der Waals surface area contributed by atoms with Crippen molar-refractivity contribution in [3.05, 3.63) is 39.9 Å². The largest absolute Gasteiger partial charge is 0.466 e. The Hall–Kier alpha value is -2.77. The third-order valence-electron chi connectivity index (χ3n) is 2.40. The summed E-state index contributed by atoms with van der Waals surface area (Å²) in [6.07, 6.45) is -0.0645. The van der Waals surface area contributed by atoms with Crippen LogP contribution in [0.15, 0.2) is 29.4 Å². The number of esters is 1. The first-order chi connectivity index (χ1) is 9.95. The van der Waals surface area contributed by atoms with Gasteiger partial charge in [-0.15, -0.1) is 0 Å². The van der Waals surface area contributed by atoms with Crippen molar-refractivity contribution in [2.24, 2.45) is 5.10 Å². The Bertz CT molecular complexity index is 583. The predicted molar refractivity (Wildman–Crippen MR) is 74.9 cm³/mol. The van der Waals surface area contributed by atoms with E-state index in [1.165, 1.54) is 31.2 Å².